The molecule has 0 aliphatic carbocycles. The minimum Gasteiger partial charge on any atom is -0.464 e. The zero-order chi connectivity index (χ0) is 11.9. The molecule has 1 unspecified atom stereocenters. The number of hydrogen-bond acceptors (Lipinski definition) is 3. The molecule has 1 N–H and O–H groups in total. The molecule has 3 heterocycles. The maximum atomic E-state index is 5.71. The predicted molar refractivity (Wildman–Crippen MR) is 70.8 cm³/mol. The minimum absolute atomic E-state index is 0.522. The van der Waals surface area contributed by atoms with E-state index in [4.69, 9.17) is 8.83 Å². The monoisotopic (exact) mass is 241 g/mol. The largest absolute Gasteiger partial charge is 0.464 e. The Kier molecular flexibility index (Phi) is 2.20. The summed E-state index contributed by atoms with van der Waals surface area (Å²) in [5, 5.41) is 5.81. The van der Waals surface area contributed by atoms with Gasteiger partial charge in [0.2, 0.25) is 0 Å². The van der Waals surface area contributed by atoms with Crippen molar-refractivity contribution in [1.29, 1.82) is 0 Å². The van der Waals surface area contributed by atoms with E-state index in [0.717, 1.165) is 29.6 Å². The van der Waals surface area contributed by atoms with Crippen molar-refractivity contribution in [3.63, 3.8) is 0 Å². The van der Waals surface area contributed by atoms with Crippen LogP contribution in [0.4, 0.5) is 0 Å². The molecule has 3 aromatic rings. The highest BCUT2D eigenvalue weighted by Crippen LogP contribution is 2.37. The van der Waals surface area contributed by atoms with Crippen molar-refractivity contribution in [3.05, 3.63) is 36.3 Å². The van der Waals surface area contributed by atoms with Gasteiger partial charge in [-0.1, -0.05) is 0 Å². The van der Waals surface area contributed by atoms with Gasteiger partial charge in [0.1, 0.15) is 11.2 Å². The highest BCUT2D eigenvalue weighted by Gasteiger charge is 2.22. The summed E-state index contributed by atoms with van der Waals surface area (Å²) in [6, 6.07) is 6.13. The van der Waals surface area contributed by atoms with Gasteiger partial charge in [0.05, 0.1) is 12.5 Å². The van der Waals surface area contributed by atoms with E-state index in [1.54, 1.807) is 12.5 Å². The molecule has 1 aromatic carbocycles. The van der Waals surface area contributed by atoms with Crippen LogP contribution in [-0.2, 0) is 0 Å². The molecule has 1 aliphatic rings. The number of piperidine rings is 1. The molecular formula is C15H15NO2. The van der Waals surface area contributed by atoms with E-state index in [0.29, 0.717) is 5.92 Å². The van der Waals surface area contributed by atoms with Gasteiger partial charge in [-0.3, -0.25) is 0 Å². The van der Waals surface area contributed by atoms with Crippen LogP contribution in [0.15, 0.2) is 39.6 Å². The average molecular weight is 241 g/mol. The third-order valence-electron chi connectivity index (χ3n) is 3.92. The molecule has 3 nitrogen and oxygen atoms in total. The van der Waals surface area contributed by atoms with Crippen LogP contribution < -0.4 is 5.32 Å². The highest BCUT2D eigenvalue weighted by molar-refractivity contribution is 5.98. The first-order valence-corrected chi connectivity index (χ1v) is 6.51. The first kappa shape index (κ1) is 10.2. The van der Waals surface area contributed by atoms with Crippen molar-refractivity contribution < 1.29 is 8.83 Å². The van der Waals surface area contributed by atoms with Gasteiger partial charge in [0, 0.05) is 28.8 Å². The van der Waals surface area contributed by atoms with E-state index < -0.39 is 0 Å². The van der Waals surface area contributed by atoms with E-state index in [1.807, 2.05) is 6.07 Å². The summed E-state index contributed by atoms with van der Waals surface area (Å²) in [5.41, 5.74) is 3.30. The lowest BCUT2D eigenvalue weighted by molar-refractivity contribution is 0.460. The molecular weight excluding hydrogens is 226 g/mol. The number of fused-ring (bicyclic) bond motifs is 2. The van der Waals surface area contributed by atoms with Gasteiger partial charge in [-0.2, -0.15) is 0 Å². The molecule has 1 fully saturated rings. The van der Waals surface area contributed by atoms with Crippen LogP contribution in [0.5, 0.6) is 0 Å². The Bertz CT molecular complexity index is 640. The van der Waals surface area contributed by atoms with Gasteiger partial charge in [0.15, 0.2) is 0 Å². The zero-order valence-corrected chi connectivity index (χ0v) is 10.1. The molecule has 0 spiro atoms. The maximum absolute atomic E-state index is 5.71. The molecule has 1 atom stereocenters. The Morgan fingerprint density at radius 2 is 2.11 bits per heavy atom. The fraction of sp³-hybridized carbons (Fsp3) is 0.333. The molecule has 0 saturated carbocycles. The fourth-order valence-corrected chi connectivity index (χ4v) is 3.07. The van der Waals surface area contributed by atoms with Crippen molar-refractivity contribution in [2.24, 2.45) is 0 Å². The van der Waals surface area contributed by atoms with Crippen LogP contribution >= 0.6 is 0 Å². The van der Waals surface area contributed by atoms with Crippen molar-refractivity contribution in [1.82, 2.24) is 5.32 Å². The number of furan rings is 2. The molecule has 0 amide bonds. The van der Waals surface area contributed by atoms with Gasteiger partial charge in [-0.05, 0) is 37.6 Å². The second kappa shape index (κ2) is 3.89. The summed E-state index contributed by atoms with van der Waals surface area (Å²) in [6.07, 6.45) is 5.97. The maximum Gasteiger partial charge on any atom is 0.138 e. The van der Waals surface area contributed by atoms with Crippen molar-refractivity contribution in [3.8, 4) is 0 Å². The van der Waals surface area contributed by atoms with Gasteiger partial charge in [0.25, 0.3) is 0 Å². The van der Waals surface area contributed by atoms with Crippen LogP contribution in [0, 0.1) is 0 Å². The Morgan fingerprint density at radius 1 is 1.17 bits per heavy atom. The van der Waals surface area contributed by atoms with Gasteiger partial charge in [-0.25, -0.2) is 0 Å². The molecule has 4 rings (SSSR count). The minimum atomic E-state index is 0.522. The quantitative estimate of drug-likeness (QED) is 0.706. The molecule has 0 bridgehead atoms. The van der Waals surface area contributed by atoms with Crippen molar-refractivity contribution in [2.75, 3.05) is 13.1 Å². The number of hydrogen-bond donors (Lipinski definition) is 1. The van der Waals surface area contributed by atoms with Crippen LogP contribution in [0.1, 0.15) is 24.3 Å². The summed E-state index contributed by atoms with van der Waals surface area (Å²) in [4.78, 5) is 0. The summed E-state index contributed by atoms with van der Waals surface area (Å²) in [7, 11) is 0. The third-order valence-corrected chi connectivity index (χ3v) is 3.92. The SMILES string of the molecule is c1cc2c(C3CCCNC3)c3occc3cc2o1. The lowest BCUT2D eigenvalue weighted by Gasteiger charge is -2.23. The van der Waals surface area contributed by atoms with Crippen molar-refractivity contribution in [2.45, 2.75) is 18.8 Å². The predicted octanol–water partition coefficient (Wildman–Crippen LogP) is 3.65. The summed E-state index contributed by atoms with van der Waals surface area (Å²) >= 11 is 0. The Labute approximate surface area is 105 Å². The molecule has 2 aromatic heterocycles. The smallest absolute Gasteiger partial charge is 0.138 e. The second-order valence-corrected chi connectivity index (χ2v) is 5.00. The normalized spacial score (nSPS) is 20.8. The fourth-order valence-electron chi connectivity index (χ4n) is 3.07. The number of benzene rings is 1. The molecule has 3 heteroatoms. The van der Waals surface area contributed by atoms with E-state index in [2.05, 4.69) is 17.4 Å². The van der Waals surface area contributed by atoms with Gasteiger partial charge >= 0.3 is 0 Å². The summed E-state index contributed by atoms with van der Waals surface area (Å²) in [6.45, 7) is 2.15. The number of nitrogens with one attached hydrogen (secondary N) is 1. The molecule has 1 saturated heterocycles. The topological polar surface area (TPSA) is 38.3 Å². The highest BCUT2D eigenvalue weighted by atomic mass is 16.3. The first-order valence-electron chi connectivity index (χ1n) is 6.51. The van der Waals surface area contributed by atoms with E-state index in [-0.39, 0.29) is 0 Å². The third kappa shape index (κ3) is 1.40. The zero-order valence-electron chi connectivity index (χ0n) is 10.1. The second-order valence-electron chi connectivity index (χ2n) is 5.00. The van der Waals surface area contributed by atoms with E-state index in [9.17, 15) is 0 Å². The molecule has 1 aliphatic heterocycles. The Morgan fingerprint density at radius 3 is 3.00 bits per heavy atom. The Hall–Kier alpha value is -1.74. The lowest BCUT2D eigenvalue weighted by atomic mass is 9.88. The lowest BCUT2D eigenvalue weighted by Crippen LogP contribution is -2.28. The standard InChI is InChI=1S/C15H15NO2/c1-2-11(9-16-5-1)14-12-4-7-17-13(12)8-10-3-6-18-15(10)14/h3-4,6-8,11,16H,1-2,5,9H2. The first-order chi connectivity index (χ1) is 8.93. The van der Waals surface area contributed by atoms with E-state index >= 15 is 0 Å². The summed E-state index contributed by atoms with van der Waals surface area (Å²) < 4.78 is 11.3. The molecule has 0 radical (unpaired) electrons. The van der Waals surface area contributed by atoms with Crippen LogP contribution in [-0.4, -0.2) is 13.1 Å². The Balaban J connectivity index is 2.02. The molecule has 18 heavy (non-hydrogen) atoms. The van der Waals surface area contributed by atoms with Crippen LogP contribution in [0.2, 0.25) is 0 Å². The average Bonchev–Trinajstić information content (AvgIpc) is 3.04. The van der Waals surface area contributed by atoms with Crippen LogP contribution in [0.3, 0.4) is 0 Å². The molecule has 92 valence electrons. The van der Waals surface area contributed by atoms with E-state index in [1.165, 1.54) is 23.8 Å². The van der Waals surface area contributed by atoms with Gasteiger partial charge < -0.3 is 14.2 Å². The number of rotatable bonds is 1. The van der Waals surface area contributed by atoms with Crippen LogP contribution in [0.25, 0.3) is 21.9 Å². The van der Waals surface area contributed by atoms with Crippen molar-refractivity contribution >= 4 is 21.9 Å². The summed E-state index contributed by atoms with van der Waals surface area (Å²) in [5.74, 6) is 0.522. The van der Waals surface area contributed by atoms with Gasteiger partial charge in [-0.15, -0.1) is 0 Å².